The summed E-state index contributed by atoms with van der Waals surface area (Å²) in [6.07, 6.45) is 1.10. The third-order valence-corrected chi connectivity index (χ3v) is 4.99. The van der Waals surface area contributed by atoms with E-state index in [2.05, 4.69) is 37.4 Å². The maximum absolute atomic E-state index is 12.0. The zero-order chi connectivity index (χ0) is 17.4. The van der Waals surface area contributed by atoms with Crippen molar-refractivity contribution in [3.63, 3.8) is 0 Å². The summed E-state index contributed by atoms with van der Waals surface area (Å²) in [7, 11) is 0. The molecule has 0 unspecified atom stereocenters. The Hall–Kier alpha value is -2.25. The van der Waals surface area contributed by atoms with E-state index in [4.69, 9.17) is 5.26 Å². The predicted molar refractivity (Wildman–Crippen MR) is 101 cm³/mol. The summed E-state index contributed by atoms with van der Waals surface area (Å²) < 4.78 is 0. The van der Waals surface area contributed by atoms with Gasteiger partial charge in [0.25, 0.3) is 0 Å². The van der Waals surface area contributed by atoms with Crippen molar-refractivity contribution in [1.82, 2.24) is 0 Å². The van der Waals surface area contributed by atoms with Crippen LogP contribution in [0.4, 0.5) is 5.69 Å². The van der Waals surface area contributed by atoms with E-state index in [-0.39, 0.29) is 5.91 Å². The highest BCUT2D eigenvalue weighted by atomic mass is 32.2. The number of benzene rings is 2. The Morgan fingerprint density at radius 3 is 2.58 bits per heavy atom. The van der Waals surface area contributed by atoms with Crippen LogP contribution >= 0.6 is 11.8 Å². The number of nitrogens with zero attached hydrogens (tertiary/aromatic N) is 1. The van der Waals surface area contributed by atoms with Crippen molar-refractivity contribution in [3.8, 4) is 6.07 Å². The Morgan fingerprint density at radius 1 is 1.21 bits per heavy atom. The minimum absolute atomic E-state index is 0.0225. The van der Waals surface area contributed by atoms with Crippen LogP contribution in [-0.2, 0) is 10.5 Å². The van der Waals surface area contributed by atoms with E-state index in [1.807, 2.05) is 30.3 Å². The van der Waals surface area contributed by atoms with Crippen LogP contribution in [0.3, 0.4) is 0 Å². The van der Waals surface area contributed by atoms with Crippen molar-refractivity contribution >= 4 is 23.4 Å². The van der Waals surface area contributed by atoms with Gasteiger partial charge in [0.2, 0.25) is 5.91 Å². The SMILES string of the molecule is CC[C@@H](C)c1ccc(NC(=O)CSCc2ccccc2C#N)cc1. The lowest BCUT2D eigenvalue weighted by Gasteiger charge is -2.10. The van der Waals surface area contributed by atoms with Gasteiger partial charge in [-0.3, -0.25) is 4.79 Å². The van der Waals surface area contributed by atoms with Crippen LogP contribution in [0.1, 0.15) is 42.9 Å². The Balaban J connectivity index is 1.82. The second-order valence-electron chi connectivity index (χ2n) is 5.74. The molecule has 24 heavy (non-hydrogen) atoms. The van der Waals surface area contributed by atoms with Gasteiger partial charge in [-0.25, -0.2) is 0 Å². The van der Waals surface area contributed by atoms with E-state index in [0.717, 1.165) is 17.7 Å². The van der Waals surface area contributed by atoms with Gasteiger partial charge >= 0.3 is 0 Å². The molecule has 0 aliphatic rings. The minimum atomic E-state index is -0.0225. The highest BCUT2D eigenvalue weighted by Crippen LogP contribution is 2.21. The van der Waals surface area contributed by atoms with Gasteiger partial charge in [-0.1, -0.05) is 44.2 Å². The molecule has 1 N–H and O–H groups in total. The fourth-order valence-corrected chi connectivity index (χ4v) is 3.17. The van der Waals surface area contributed by atoms with E-state index in [1.54, 1.807) is 6.07 Å². The first-order valence-electron chi connectivity index (χ1n) is 8.09. The van der Waals surface area contributed by atoms with Crippen LogP contribution < -0.4 is 5.32 Å². The van der Waals surface area contributed by atoms with Crippen LogP contribution in [0.15, 0.2) is 48.5 Å². The van der Waals surface area contributed by atoms with E-state index in [0.29, 0.717) is 23.0 Å². The molecular weight excluding hydrogens is 316 g/mol. The van der Waals surface area contributed by atoms with Gasteiger partial charge in [-0.2, -0.15) is 5.26 Å². The van der Waals surface area contributed by atoms with Gasteiger partial charge in [-0.05, 0) is 41.7 Å². The first-order chi connectivity index (χ1) is 11.6. The van der Waals surface area contributed by atoms with Crippen molar-refractivity contribution in [3.05, 3.63) is 65.2 Å². The number of carbonyl (C=O) groups is 1. The molecule has 0 heterocycles. The normalized spacial score (nSPS) is 11.5. The summed E-state index contributed by atoms with van der Waals surface area (Å²) >= 11 is 1.51. The molecule has 1 amide bonds. The summed E-state index contributed by atoms with van der Waals surface area (Å²) in [5.41, 5.74) is 3.75. The second kappa shape index (κ2) is 9.14. The molecule has 2 aromatic carbocycles. The molecule has 0 aromatic heterocycles. The molecule has 0 aliphatic carbocycles. The van der Waals surface area contributed by atoms with Crippen LogP contribution in [0.25, 0.3) is 0 Å². The molecule has 3 nitrogen and oxygen atoms in total. The molecule has 0 spiro atoms. The van der Waals surface area contributed by atoms with E-state index in [9.17, 15) is 4.79 Å². The summed E-state index contributed by atoms with van der Waals surface area (Å²) in [5.74, 6) is 1.54. The maximum Gasteiger partial charge on any atom is 0.234 e. The van der Waals surface area contributed by atoms with Gasteiger partial charge in [0.05, 0.1) is 17.4 Å². The Morgan fingerprint density at radius 2 is 1.92 bits per heavy atom. The van der Waals surface area contributed by atoms with Crippen molar-refractivity contribution < 1.29 is 4.79 Å². The average Bonchev–Trinajstić information content (AvgIpc) is 2.62. The number of amides is 1. The smallest absolute Gasteiger partial charge is 0.234 e. The number of rotatable bonds is 7. The zero-order valence-electron chi connectivity index (χ0n) is 14.1. The Bertz CT molecular complexity index is 719. The molecule has 124 valence electrons. The number of anilines is 1. The highest BCUT2D eigenvalue weighted by molar-refractivity contribution is 7.99. The number of nitriles is 1. The number of carbonyl (C=O) groups excluding carboxylic acids is 1. The third-order valence-electron chi connectivity index (χ3n) is 4.00. The standard InChI is InChI=1S/C20H22N2OS/c1-3-15(2)16-8-10-19(11-9-16)22-20(23)14-24-13-18-7-5-4-6-17(18)12-21/h4-11,15H,3,13-14H2,1-2H3,(H,22,23)/t15-/m1/s1. The first-order valence-corrected chi connectivity index (χ1v) is 9.25. The molecular formula is C20H22N2OS. The molecule has 0 bridgehead atoms. The van der Waals surface area contributed by atoms with Gasteiger partial charge in [-0.15, -0.1) is 11.8 Å². The summed E-state index contributed by atoms with van der Waals surface area (Å²) in [4.78, 5) is 12.0. The van der Waals surface area contributed by atoms with Crippen molar-refractivity contribution in [2.75, 3.05) is 11.1 Å². The third kappa shape index (κ3) is 5.14. The topological polar surface area (TPSA) is 52.9 Å². The Labute approximate surface area is 148 Å². The first kappa shape index (κ1) is 18.1. The van der Waals surface area contributed by atoms with Gasteiger partial charge in [0.15, 0.2) is 0 Å². The fourth-order valence-electron chi connectivity index (χ4n) is 2.34. The van der Waals surface area contributed by atoms with E-state index >= 15 is 0 Å². The molecule has 0 saturated carbocycles. The van der Waals surface area contributed by atoms with Crippen molar-refractivity contribution in [1.29, 1.82) is 5.26 Å². The molecule has 0 radical (unpaired) electrons. The zero-order valence-corrected chi connectivity index (χ0v) is 14.9. The van der Waals surface area contributed by atoms with Gasteiger partial charge in [0, 0.05) is 11.4 Å². The van der Waals surface area contributed by atoms with Gasteiger partial charge < -0.3 is 5.32 Å². The Kier molecular flexibility index (Phi) is 6.89. The molecule has 2 aromatic rings. The maximum atomic E-state index is 12.0. The van der Waals surface area contributed by atoms with E-state index < -0.39 is 0 Å². The predicted octanol–water partition coefficient (Wildman–Crippen LogP) is 4.94. The van der Waals surface area contributed by atoms with Crippen LogP contribution in [-0.4, -0.2) is 11.7 Å². The number of nitrogens with one attached hydrogen (secondary N) is 1. The lowest BCUT2D eigenvalue weighted by Crippen LogP contribution is -2.14. The van der Waals surface area contributed by atoms with Crippen molar-refractivity contribution in [2.45, 2.75) is 31.9 Å². The van der Waals surface area contributed by atoms with E-state index in [1.165, 1.54) is 17.3 Å². The largest absolute Gasteiger partial charge is 0.325 e. The molecule has 2 rings (SSSR count). The average molecular weight is 338 g/mol. The number of hydrogen-bond donors (Lipinski definition) is 1. The summed E-state index contributed by atoms with van der Waals surface area (Å²) in [6, 6.07) is 17.7. The molecule has 4 heteroatoms. The lowest BCUT2D eigenvalue weighted by atomic mass is 9.99. The van der Waals surface area contributed by atoms with Crippen LogP contribution in [0, 0.1) is 11.3 Å². The molecule has 1 atom stereocenters. The van der Waals surface area contributed by atoms with Gasteiger partial charge in [0.1, 0.15) is 0 Å². The number of hydrogen-bond acceptors (Lipinski definition) is 3. The van der Waals surface area contributed by atoms with Crippen molar-refractivity contribution in [2.24, 2.45) is 0 Å². The quantitative estimate of drug-likeness (QED) is 0.777. The van der Waals surface area contributed by atoms with Crippen LogP contribution in [0.5, 0.6) is 0 Å². The molecule has 0 aliphatic heterocycles. The molecule has 0 saturated heterocycles. The summed E-state index contributed by atoms with van der Waals surface area (Å²) in [6.45, 7) is 4.37. The fraction of sp³-hybridized carbons (Fsp3) is 0.300. The highest BCUT2D eigenvalue weighted by Gasteiger charge is 2.07. The minimum Gasteiger partial charge on any atom is -0.325 e. The summed E-state index contributed by atoms with van der Waals surface area (Å²) in [5, 5.41) is 12.0. The monoisotopic (exact) mass is 338 g/mol. The molecule has 0 fully saturated rings. The van der Waals surface area contributed by atoms with Crippen LogP contribution in [0.2, 0.25) is 0 Å². The lowest BCUT2D eigenvalue weighted by molar-refractivity contribution is -0.113. The second-order valence-corrected chi connectivity index (χ2v) is 6.73. The number of thioether (sulfide) groups is 1.